The topological polar surface area (TPSA) is 101 Å². The normalized spacial score (nSPS) is 19.8. The van der Waals surface area contributed by atoms with E-state index in [9.17, 15) is 9.59 Å². The molecule has 3 aromatic carbocycles. The lowest BCUT2D eigenvalue weighted by Crippen LogP contribution is -2.41. The van der Waals surface area contributed by atoms with Gasteiger partial charge in [0.1, 0.15) is 17.1 Å². The molecule has 1 saturated carbocycles. The molecule has 2 heterocycles. The first kappa shape index (κ1) is 33.7. The van der Waals surface area contributed by atoms with Gasteiger partial charge in [-0.05, 0) is 72.5 Å². The zero-order valence-corrected chi connectivity index (χ0v) is 29.2. The molecule has 1 aromatic heterocycles. The molecule has 1 saturated heterocycles. The van der Waals surface area contributed by atoms with Crippen LogP contribution in [0.3, 0.4) is 0 Å². The van der Waals surface area contributed by atoms with Gasteiger partial charge in [0.15, 0.2) is 6.29 Å². The van der Waals surface area contributed by atoms with Gasteiger partial charge in [0.25, 0.3) is 5.56 Å². The molecule has 248 valence electrons. The molecule has 0 bridgehead atoms. The van der Waals surface area contributed by atoms with E-state index in [0.29, 0.717) is 23.7 Å². The van der Waals surface area contributed by atoms with Crippen LogP contribution in [-0.4, -0.2) is 41.4 Å². The zero-order valence-electron chi connectivity index (χ0n) is 26.7. The van der Waals surface area contributed by atoms with Crippen LogP contribution in [-0.2, 0) is 37.7 Å². The first-order chi connectivity index (χ1) is 22.7. The van der Waals surface area contributed by atoms with Gasteiger partial charge in [-0.2, -0.15) is 0 Å². The largest absolute Gasteiger partial charge is 0.497 e. The van der Waals surface area contributed by atoms with Crippen LogP contribution in [0.1, 0.15) is 54.4 Å². The fraction of sp³-hybridized carbons (Fsp3) is 0.371. The summed E-state index contributed by atoms with van der Waals surface area (Å²) in [6, 6.07) is 25.2. The number of aromatic amines is 1. The van der Waals surface area contributed by atoms with Gasteiger partial charge >= 0.3 is 5.69 Å². The summed E-state index contributed by atoms with van der Waals surface area (Å²) in [5, 5.41) is 0. The fourth-order valence-corrected chi connectivity index (χ4v) is 13.2. The summed E-state index contributed by atoms with van der Waals surface area (Å²) in [5.41, 5.74) is -2.37. The van der Waals surface area contributed by atoms with Crippen LogP contribution >= 0.6 is 17.1 Å². The molecule has 1 aliphatic carbocycles. The second kappa shape index (κ2) is 14.1. The lowest BCUT2D eigenvalue weighted by atomic mass is 9.80. The van der Waals surface area contributed by atoms with Gasteiger partial charge in [-0.1, -0.05) is 85.2 Å². The summed E-state index contributed by atoms with van der Waals surface area (Å²) in [6.07, 6.45) is 5.96. The van der Waals surface area contributed by atoms with Gasteiger partial charge in [-0.3, -0.25) is 18.9 Å². The summed E-state index contributed by atoms with van der Waals surface area (Å²) in [7, 11) is 3.25. The summed E-state index contributed by atoms with van der Waals surface area (Å²) in [4.78, 5) is 27.8. The Balaban J connectivity index is 1.51. The Labute approximate surface area is 283 Å². The van der Waals surface area contributed by atoms with E-state index in [1.54, 1.807) is 32.5 Å². The number of methoxy groups -OCH3 is 2. The standard InChI is InChI=1S/C35H39N2O7PS2/c1-25-22-37(33(39)36-32(25)38)23-31(44-45(46)42-24-34(47-45)20-8-5-9-21-34)43-35(26-10-6-4-7-11-26,27-12-16-29(40-2)17-13-27)28-14-18-30(41-3)19-15-28/h4,6-7,10-19,22,31H,5,8-9,20-21,23-24H2,1-3H3,(H,36,38,39). The molecule has 1 N–H and O–H groups in total. The van der Waals surface area contributed by atoms with Gasteiger partial charge < -0.3 is 18.7 Å². The van der Waals surface area contributed by atoms with Crippen molar-refractivity contribution in [3.8, 4) is 11.5 Å². The minimum Gasteiger partial charge on any atom is -0.497 e. The van der Waals surface area contributed by atoms with Crippen molar-refractivity contribution in [2.24, 2.45) is 0 Å². The molecule has 2 atom stereocenters. The molecule has 1 aliphatic heterocycles. The highest BCUT2D eigenvalue weighted by molar-refractivity contribution is 8.68. The van der Waals surface area contributed by atoms with E-state index in [4.69, 9.17) is 35.1 Å². The maximum Gasteiger partial charge on any atom is 0.328 e. The summed E-state index contributed by atoms with van der Waals surface area (Å²) >= 11 is 7.80. The number of hydrogen-bond acceptors (Lipinski definition) is 9. The molecule has 0 amide bonds. The third-order valence-corrected chi connectivity index (χ3v) is 14.5. The number of hydrogen-bond donors (Lipinski definition) is 1. The molecule has 2 unspecified atom stereocenters. The predicted molar refractivity (Wildman–Crippen MR) is 188 cm³/mol. The van der Waals surface area contributed by atoms with Crippen LogP contribution in [0.15, 0.2) is 94.6 Å². The van der Waals surface area contributed by atoms with Gasteiger partial charge in [-0.25, -0.2) is 4.79 Å². The number of benzene rings is 3. The van der Waals surface area contributed by atoms with Crippen molar-refractivity contribution in [3.63, 3.8) is 0 Å². The Morgan fingerprint density at radius 3 is 2.06 bits per heavy atom. The molecule has 1 spiro atoms. The zero-order chi connectivity index (χ0) is 33.1. The van der Waals surface area contributed by atoms with Gasteiger partial charge in [0.2, 0.25) is 5.69 Å². The first-order valence-electron chi connectivity index (χ1n) is 15.6. The Morgan fingerprint density at radius 1 is 0.915 bits per heavy atom. The average Bonchev–Trinajstić information content (AvgIpc) is 3.41. The SMILES string of the molecule is COc1ccc(C(OC(Cn2cc(C)c(=O)[nH]c2=O)OP2(=S)OCC3(CCCCC3)S2)(c2ccccc2)c2ccc(OC)cc2)cc1. The van der Waals surface area contributed by atoms with Crippen molar-refractivity contribution < 1.29 is 23.3 Å². The van der Waals surface area contributed by atoms with Gasteiger partial charge in [-0.15, -0.1) is 0 Å². The molecular formula is C35H39N2O7PS2. The highest BCUT2D eigenvalue weighted by Gasteiger charge is 2.49. The van der Waals surface area contributed by atoms with E-state index < -0.39 is 28.8 Å². The number of aryl methyl sites for hydroxylation is 1. The van der Waals surface area contributed by atoms with E-state index in [0.717, 1.165) is 42.4 Å². The highest BCUT2D eigenvalue weighted by atomic mass is 32.9. The van der Waals surface area contributed by atoms with Crippen molar-refractivity contribution in [1.29, 1.82) is 0 Å². The molecule has 0 radical (unpaired) electrons. The number of aromatic nitrogens is 2. The van der Waals surface area contributed by atoms with E-state index in [2.05, 4.69) is 4.98 Å². The maximum absolute atomic E-state index is 13.1. The van der Waals surface area contributed by atoms with Crippen LogP contribution in [0.2, 0.25) is 0 Å². The minimum absolute atomic E-state index is 0.0490. The summed E-state index contributed by atoms with van der Waals surface area (Å²) in [6.45, 7) is 2.13. The van der Waals surface area contributed by atoms with E-state index in [1.165, 1.54) is 17.2 Å². The van der Waals surface area contributed by atoms with E-state index >= 15 is 0 Å². The predicted octanol–water partition coefficient (Wildman–Crippen LogP) is 6.90. The van der Waals surface area contributed by atoms with Gasteiger partial charge in [0, 0.05) is 16.5 Å². The Hall–Kier alpha value is -3.18. The molecule has 12 heteroatoms. The number of H-pyrrole nitrogens is 1. The lowest BCUT2D eigenvalue weighted by molar-refractivity contribution is -0.150. The number of rotatable bonds is 11. The van der Waals surface area contributed by atoms with Crippen molar-refractivity contribution in [2.45, 2.75) is 62.2 Å². The van der Waals surface area contributed by atoms with E-state index in [1.807, 2.05) is 78.9 Å². The van der Waals surface area contributed by atoms with Crippen molar-refractivity contribution in [2.75, 3.05) is 20.8 Å². The third-order valence-electron chi connectivity index (χ3n) is 8.82. The number of ether oxygens (including phenoxy) is 3. The van der Waals surface area contributed by atoms with Crippen molar-refractivity contribution in [3.05, 3.63) is 128 Å². The molecule has 47 heavy (non-hydrogen) atoms. The summed E-state index contributed by atoms with van der Waals surface area (Å²) in [5.74, 6) is 1.38. The smallest absolute Gasteiger partial charge is 0.328 e. The Morgan fingerprint density at radius 2 is 1.49 bits per heavy atom. The maximum atomic E-state index is 13.1. The summed E-state index contributed by atoms with van der Waals surface area (Å²) < 4.78 is 32.8. The van der Waals surface area contributed by atoms with E-state index in [-0.39, 0.29) is 11.3 Å². The molecule has 2 fully saturated rings. The monoisotopic (exact) mass is 694 g/mol. The van der Waals surface area contributed by atoms with Crippen LogP contribution in [0.4, 0.5) is 0 Å². The highest BCUT2D eigenvalue weighted by Crippen LogP contribution is 2.74. The number of nitrogens with one attached hydrogen (secondary N) is 1. The molecule has 4 aromatic rings. The van der Waals surface area contributed by atoms with Crippen LogP contribution in [0.5, 0.6) is 11.5 Å². The first-order valence-corrected chi connectivity index (χ1v) is 19.7. The number of nitrogens with zero attached hydrogens (tertiary/aromatic N) is 1. The lowest BCUT2D eigenvalue weighted by Gasteiger charge is -2.39. The minimum atomic E-state index is -2.92. The second-order valence-electron chi connectivity index (χ2n) is 11.9. The molecule has 6 rings (SSSR count). The fourth-order valence-electron chi connectivity index (χ4n) is 6.35. The van der Waals surface area contributed by atoms with Gasteiger partial charge in [0.05, 0.1) is 27.4 Å². The van der Waals surface area contributed by atoms with Crippen LogP contribution in [0.25, 0.3) is 0 Å². The van der Waals surface area contributed by atoms with Crippen LogP contribution < -0.4 is 20.7 Å². The molecular weight excluding hydrogens is 656 g/mol. The molecule has 9 nitrogen and oxygen atoms in total. The Kier molecular flexibility index (Phi) is 10.1. The average molecular weight is 695 g/mol. The molecule has 2 aliphatic rings. The Bertz CT molecular complexity index is 1790. The van der Waals surface area contributed by atoms with Crippen LogP contribution in [0, 0.1) is 6.92 Å². The quantitative estimate of drug-likeness (QED) is 0.102. The third kappa shape index (κ3) is 7.16. The van der Waals surface area contributed by atoms with Crippen molar-refractivity contribution >= 4 is 28.9 Å². The second-order valence-corrected chi connectivity index (χ2v) is 18.5. The van der Waals surface area contributed by atoms with Crippen molar-refractivity contribution in [1.82, 2.24) is 9.55 Å².